The highest BCUT2D eigenvalue weighted by Crippen LogP contribution is 2.22. The Labute approximate surface area is 163 Å². The average molecular weight is 391 g/mol. The van der Waals surface area contributed by atoms with Crippen molar-refractivity contribution in [2.75, 3.05) is 6.61 Å². The van der Waals surface area contributed by atoms with Gasteiger partial charge in [0.15, 0.2) is 12.3 Å². The summed E-state index contributed by atoms with van der Waals surface area (Å²) in [6, 6.07) is 7.30. The summed E-state index contributed by atoms with van der Waals surface area (Å²) in [7, 11) is 0. The number of piperidine rings is 1. The van der Waals surface area contributed by atoms with E-state index >= 15 is 0 Å². The summed E-state index contributed by atoms with van der Waals surface area (Å²) in [5.74, 6) is -0.839. The minimum Gasteiger partial charge on any atom is -0.451 e. The second-order valence-corrected chi connectivity index (χ2v) is 7.35. The molecule has 7 nitrogen and oxygen atoms in total. The van der Waals surface area contributed by atoms with E-state index in [0.29, 0.717) is 16.4 Å². The van der Waals surface area contributed by atoms with Gasteiger partial charge >= 0.3 is 5.97 Å². The first kappa shape index (κ1) is 19.4. The minimum atomic E-state index is -0.661. The van der Waals surface area contributed by atoms with Gasteiger partial charge in [0.2, 0.25) is 0 Å². The van der Waals surface area contributed by atoms with Gasteiger partial charge in [-0.05, 0) is 58.2 Å². The van der Waals surface area contributed by atoms with Crippen molar-refractivity contribution < 1.29 is 14.3 Å². The molecular weight excluding hydrogens is 368 g/mol. The lowest BCUT2D eigenvalue weighted by molar-refractivity contribution is -0.140. The van der Waals surface area contributed by atoms with Crippen LogP contribution in [0.2, 0.25) is 5.02 Å². The number of aromatic nitrogens is 3. The van der Waals surface area contributed by atoms with Gasteiger partial charge in [0, 0.05) is 17.1 Å². The number of carbonyl (C=O) groups is 2. The molecule has 1 fully saturated rings. The molecule has 144 valence electrons. The number of nitrogens with zero attached hydrogens (tertiary/aromatic N) is 4. The van der Waals surface area contributed by atoms with Crippen molar-refractivity contribution in [2.45, 2.75) is 52.1 Å². The van der Waals surface area contributed by atoms with Crippen molar-refractivity contribution in [2.24, 2.45) is 0 Å². The van der Waals surface area contributed by atoms with E-state index < -0.39 is 5.97 Å². The van der Waals surface area contributed by atoms with Gasteiger partial charge < -0.3 is 9.64 Å². The summed E-state index contributed by atoms with van der Waals surface area (Å²) in [5, 5.41) is 8.97. The summed E-state index contributed by atoms with van der Waals surface area (Å²) >= 11 is 5.98. The zero-order chi connectivity index (χ0) is 19.6. The summed E-state index contributed by atoms with van der Waals surface area (Å²) in [4.78, 5) is 28.0. The Morgan fingerprint density at radius 3 is 2.59 bits per heavy atom. The van der Waals surface area contributed by atoms with Crippen molar-refractivity contribution in [1.82, 2.24) is 19.9 Å². The maximum Gasteiger partial charge on any atom is 0.361 e. The highest BCUT2D eigenvalue weighted by molar-refractivity contribution is 6.30. The van der Waals surface area contributed by atoms with Crippen molar-refractivity contribution >= 4 is 23.5 Å². The Morgan fingerprint density at radius 1 is 1.22 bits per heavy atom. The third-order valence-corrected chi connectivity index (χ3v) is 5.06. The first-order chi connectivity index (χ1) is 12.9. The quantitative estimate of drug-likeness (QED) is 0.749. The van der Waals surface area contributed by atoms with Gasteiger partial charge in [0.25, 0.3) is 5.91 Å². The van der Waals surface area contributed by atoms with E-state index in [4.69, 9.17) is 16.3 Å². The normalized spacial score (nSPS) is 19.8. The molecule has 27 heavy (non-hydrogen) atoms. The molecule has 0 bridgehead atoms. The van der Waals surface area contributed by atoms with Crippen LogP contribution in [-0.2, 0) is 9.53 Å². The van der Waals surface area contributed by atoms with E-state index in [0.717, 1.165) is 19.3 Å². The monoisotopic (exact) mass is 390 g/mol. The number of hydrogen-bond acceptors (Lipinski definition) is 5. The molecule has 0 spiro atoms. The molecule has 1 aromatic carbocycles. The van der Waals surface area contributed by atoms with Gasteiger partial charge in [0.1, 0.15) is 0 Å². The maximum atomic E-state index is 12.5. The largest absolute Gasteiger partial charge is 0.451 e. The molecule has 0 N–H and O–H groups in total. The Morgan fingerprint density at radius 2 is 1.93 bits per heavy atom. The standard InChI is InChI=1S/C19H23ClN4O3/c1-12-6-4-7-13(2)23(12)17(25)11-27-19(26)18-14(3)21-24(22-18)16-9-5-8-15(20)10-16/h5,8-10,12-13H,4,6-7,11H2,1-3H3/t12-,13-/m0/s1. The van der Waals surface area contributed by atoms with Crippen LogP contribution in [0.4, 0.5) is 0 Å². The number of esters is 1. The van der Waals surface area contributed by atoms with E-state index in [1.54, 1.807) is 31.2 Å². The predicted molar refractivity (Wildman–Crippen MR) is 101 cm³/mol. The van der Waals surface area contributed by atoms with Gasteiger partial charge in [-0.1, -0.05) is 17.7 Å². The van der Waals surface area contributed by atoms with Crippen LogP contribution < -0.4 is 0 Å². The predicted octanol–water partition coefficient (Wildman–Crippen LogP) is 3.18. The summed E-state index contributed by atoms with van der Waals surface area (Å²) in [5.41, 5.74) is 1.14. The lowest BCUT2D eigenvalue weighted by Crippen LogP contribution is -2.49. The molecule has 1 saturated heterocycles. The summed E-state index contributed by atoms with van der Waals surface area (Å²) in [6.07, 6.45) is 3.05. The number of amides is 1. The van der Waals surface area contributed by atoms with Gasteiger partial charge in [-0.3, -0.25) is 4.79 Å². The van der Waals surface area contributed by atoms with Crippen LogP contribution in [0.5, 0.6) is 0 Å². The Kier molecular flexibility index (Phi) is 5.79. The smallest absolute Gasteiger partial charge is 0.361 e. The van der Waals surface area contributed by atoms with Crippen LogP contribution in [0, 0.1) is 6.92 Å². The minimum absolute atomic E-state index is 0.0857. The highest BCUT2D eigenvalue weighted by Gasteiger charge is 2.30. The summed E-state index contributed by atoms with van der Waals surface area (Å²) in [6.45, 7) is 5.42. The fraction of sp³-hybridized carbons (Fsp3) is 0.474. The van der Waals surface area contributed by atoms with E-state index in [1.165, 1.54) is 4.80 Å². The first-order valence-electron chi connectivity index (χ1n) is 9.05. The van der Waals surface area contributed by atoms with Gasteiger partial charge in [0.05, 0.1) is 11.4 Å². The van der Waals surface area contributed by atoms with Crippen LogP contribution in [0.25, 0.3) is 5.69 Å². The molecular formula is C19H23ClN4O3. The fourth-order valence-electron chi connectivity index (χ4n) is 3.47. The van der Waals surface area contributed by atoms with E-state index in [-0.39, 0.29) is 30.3 Å². The molecule has 1 amide bonds. The molecule has 3 rings (SSSR count). The second kappa shape index (κ2) is 8.08. The van der Waals surface area contributed by atoms with Crippen LogP contribution >= 0.6 is 11.6 Å². The molecule has 0 unspecified atom stereocenters. The number of halogens is 1. The molecule has 1 aliphatic heterocycles. The first-order valence-corrected chi connectivity index (χ1v) is 9.42. The number of benzene rings is 1. The van der Waals surface area contributed by atoms with Crippen LogP contribution in [0.3, 0.4) is 0 Å². The van der Waals surface area contributed by atoms with Crippen molar-refractivity contribution in [3.05, 3.63) is 40.7 Å². The molecule has 0 aliphatic carbocycles. The molecule has 0 radical (unpaired) electrons. The van der Waals surface area contributed by atoms with Crippen LogP contribution in [0.1, 0.15) is 49.3 Å². The van der Waals surface area contributed by atoms with Crippen molar-refractivity contribution in [3.8, 4) is 5.69 Å². The van der Waals surface area contributed by atoms with Gasteiger partial charge in [-0.2, -0.15) is 9.90 Å². The van der Waals surface area contributed by atoms with Crippen molar-refractivity contribution in [3.63, 3.8) is 0 Å². The van der Waals surface area contributed by atoms with Crippen LogP contribution in [0.15, 0.2) is 24.3 Å². The topological polar surface area (TPSA) is 77.3 Å². The number of carbonyl (C=O) groups excluding carboxylic acids is 2. The maximum absolute atomic E-state index is 12.5. The third kappa shape index (κ3) is 4.30. The molecule has 1 aromatic heterocycles. The Balaban J connectivity index is 1.67. The molecule has 2 heterocycles. The number of ether oxygens (including phenoxy) is 1. The molecule has 1 aliphatic rings. The van der Waals surface area contributed by atoms with E-state index in [2.05, 4.69) is 10.2 Å². The van der Waals surface area contributed by atoms with E-state index in [9.17, 15) is 9.59 Å². The van der Waals surface area contributed by atoms with Gasteiger partial charge in [-0.25, -0.2) is 4.79 Å². The molecule has 2 atom stereocenters. The van der Waals surface area contributed by atoms with Crippen LogP contribution in [-0.4, -0.2) is 50.5 Å². The zero-order valence-electron chi connectivity index (χ0n) is 15.7. The fourth-order valence-corrected chi connectivity index (χ4v) is 3.65. The number of aryl methyl sites for hydroxylation is 1. The average Bonchev–Trinajstić information content (AvgIpc) is 3.01. The number of hydrogen-bond donors (Lipinski definition) is 0. The zero-order valence-corrected chi connectivity index (χ0v) is 16.4. The third-order valence-electron chi connectivity index (χ3n) is 4.82. The molecule has 0 saturated carbocycles. The lowest BCUT2D eigenvalue weighted by atomic mass is 9.97. The van der Waals surface area contributed by atoms with Gasteiger partial charge in [-0.15, -0.1) is 5.10 Å². The lowest BCUT2D eigenvalue weighted by Gasteiger charge is -2.38. The molecule has 2 aromatic rings. The summed E-state index contributed by atoms with van der Waals surface area (Å²) < 4.78 is 5.22. The SMILES string of the molecule is Cc1nn(-c2cccc(Cl)c2)nc1C(=O)OCC(=O)N1[C@@H](C)CCC[C@@H]1C. The number of likely N-dealkylation sites (tertiary alicyclic amines) is 1. The van der Waals surface area contributed by atoms with Crippen molar-refractivity contribution in [1.29, 1.82) is 0 Å². The Bertz CT molecular complexity index is 841. The second-order valence-electron chi connectivity index (χ2n) is 6.91. The Hall–Kier alpha value is -2.41. The number of rotatable bonds is 4. The highest BCUT2D eigenvalue weighted by atomic mass is 35.5. The van der Waals surface area contributed by atoms with E-state index in [1.807, 2.05) is 18.7 Å². The molecule has 8 heteroatoms.